The number of carbonyl (C=O) groups is 1. The van der Waals surface area contributed by atoms with Gasteiger partial charge in [0.15, 0.2) is 6.23 Å². The second kappa shape index (κ2) is 3.75. The van der Waals surface area contributed by atoms with Crippen molar-refractivity contribution in [3.05, 3.63) is 22.7 Å². The molecule has 86 valence electrons. The molecule has 0 radical (unpaired) electrons. The predicted octanol–water partition coefficient (Wildman–Crippen LogP) is 1.92. The van der Waals surface area contributed by atoms with Crippen molar-refractivity contribution in [3.8, 4) is 11.5 Å². The lowest BCUT2D eigenvalue weighted by Crippen LogP contribution is -2.38. The highest BCUT2D eigenvalue weighted by molar-refractivity contribution is 6.32. The van der Waals surface area contributed by atoms with Gasteiger partial charge >= 0.3 is 6.09 Å². The van der Waals surface area contributed by atoms with Crippen molar-refractivity contribution in [3.63, 3.8) is 0 Å². The molecule has 6 heteroatoms. The average molecular weight is 244 g/mol. The van der Waals surface area contributed by atoms with Crippen molar-refractivity contribution in [2.24, 2.45) is 0 Å². The number of ether oxygens (including phenoxy) is 1. The molecule has 2 rings (SSSR count). The fourth-order valence-electron chi connectivity index (χ4n) is 1.62. The number of hydrogen-bond acceptors (Lipinski definition) is 3. The molecule has 1 aliphatic heterocycles. The summed E-state index contributed by atoms with van der Waals surface area (Å²) < 4.78 is 5.42. The summed E-state index contributed by atoms with van der Waals surface area (Å²) in [5, 5.41) is 18.4. The van der Waals surface area contributed by atoms with Gasteiger partial charge in [0.05, 0.1) is 5.02 Å². The Morgan fingerprint density at radius 3 is 2.94 bits per heavy atom. The van der Waals surface area contributed by atoms with Crippen LogP contribution in [0.2, 0.25) is 5.02 Å². The molecule has 5 nitrogen and oxygen atoms in total. The first-order valence-electron chi connectivity index (χ1n) is 4.63. The minimum atomic E-state index is -1.07. The molecule has 0 saturated heterocycles. The summed E-state index contributed by atoms with van der Waals surface area (Å²) in [5.74, 6) is 0.489. The molecule has 1 heterocycles. The molecule has 1 amide bonds. The molecule has 0 saturated carbocycles. The summed E-state index contributed by atoms with van der Waals surface area (Å²) in [5.41, 5.74) is 0.711. The van der Waals surface area contributed by atoms with Crippen LogP contribution in [0.3, 0.4) is 0 Å². The van der Waals surface area contributed by atoms with E-state index in [9.17, 15) is 9.90 Å². The fraction of sp³-hybridized carbons (Fsp3) is 0.300. The molecule has 16 heavy (non-hydrogen) atoms. The topological polar surface area (TPSA) is 70.0 Å². The highest BCUT2D eigenvalue weighted by Gasteiger charge is 2.30. The third kappa shape index (κ3) is 1.74. The first-order chi connectivity index (χ1) is 7.49. The molecule has 1 aliphatic rings. The van der Waals surface area contributed by atoms with E-state index in [1.807, 2.05) is 0 Å². The maximum Gasteiger partial charge on any atom is 0.409 e. The summed E-state index contributed by atoms with van der Waals surface area (Å²) in [7, 11) is 1.42. The summed E-state index contributed by atoms with van der Waals surface area (Å²) in [6.45, 7) is 0. The number of rotatable bonds is 1. The minimum absolute atomic E-state index is 0.0472. The van der Waals surface area contributed by atoms with E-state index in [4.69, 9.17) is 21.4 Å². The van der Waals surface area contributed by atoms with Gasteiger partial charge in [0.1, 0.15) is 11.5 Å². The minimum Gasteiger partial charge on any atom is -0.508 e. The second-order valence-corrected chi connectivity index (χ2v) is 3.99. The van der Waals surface area contributed by atoms with Crippen LogP contribution in [-0.2, 0) is 6.42 Å². The first kappa shape index (κ1) is 10.9. The normalized spacial score (nSPS) is 17.8. The predicted molar refractivity (Wildman–Crippen MR) is 57.0 cm³/mol. The third-order valence-electron chi connectivity index (χ3n) is 2.49. The van der Waals surface area contributed by atoms with Crippen LogP contribution < -0.4 is 4.74 Å². The van der Waals surface area contributed by atoms with E-state index in [0.29, 0.717) is 17.7 Å². The number of fused-ring (bicyclic) bond motifs is 1. The Kier molecular flexibility index (Phi) is 2.55. The van der Waals surface area contributed by atoms with Crippen LogP contribution in [0.1, 0.15) is 5.56 Å². The molecule has 0 bridgehead atoms. The van der Waals surface area contributed by atoms with Crippen molar-refractivity contribution in [2.45, 2.75) is 12.6 Å². The van der Waals surface area contributed by atoms with Gasteiger partial charge in [-0.2, -0.15) is 0 Å². The van der Waals surface area contributed by atoms with E-state index >= 15 is 0 Å². The molecule has 2 N–H and O–H groups in total. The van der Waals surface area contributed by atoms with E-state index in [0.717, 1.165) is 4.90 Å². The van der Waals surface area contributed by atoms with Gasteiger partial charge in [0.2, 0.25) is 0 Å². The maximum atomic E-state index is 10.8. The molecule has 0 fully saturated rings. The Balaban J connectivity index is 2.27. The molecule has 0 aliphatic carbocycles. The van der Waals surface area contributed by atoms with Gasteiger partial charge < -0.3 is 14.9 Å². The number of carboxylic acid groups (broad SMARTS) is 1. The van der Waals surface area contributed by atoms with E-state index in [-0.39, 0.29) is 10.8 Å². The van der Waals surface area contributed by atoms with Crippen molar-refractivity contribution in [1.29, 1.82) is 0 Å². The monoisotopic (exact) mass is 243 g/mol. The van der Waals surface area contributed by atoms with Crippen molar-refractivity contribution < 1.29 is 19.7 Å². The molecule has 0 spiro atoms. The number of likely N-dealkylation sites (N-methyl/N-ethyl adjacent to an activating group) is 1. The van der Waals surface area contributed by atoms with E-state index in [1.165, 1.54) is 19.2 Å². The standard InChI is InChI=1S/C10H10ClNO4/c1-12(10(14)15)8-3-5-2-6(13)4-7(11)9(5)16-8/h2,4,8,13H,3H2,1H3,(H,14,15). The maximum absolute atomic E-state index is 10.8. The quantitative estimate of drug-likeness (QED) is 0.791. The highest BCUT2D eigenvalue weighted by atomic mass is 35.5. The Hall–Kier alpha value is -1.62. The number of hydrogen-bond donors (Lipinski definition) is 2. The number of nitrogens with zero attached hydrogens (tertiary/aromatic N) is 1. The second-order valence-electron chi connectivity index (χ2n) is 3.59. The number of halogens is 1. The summed E-state index contributed by atoms with van der Waals surface area (Å²) in [4.78, 5) is 11.8. The van der Waals surface area contributed by atoms with Crippen LogP contribution in [0.5, 0.6) is 11.5 Å². The van der Waals surface area contributed by atoms with Gasteiger partial charge in [-0.3, -0.25) is 4.90 Å². The Morgan fingerprint density at radius 1 is 1.62 bits per heavy atom. The lowest BCUT2D eigenvalue weighted by Gasteiger charge is -2.20. The number of phenolic OH excluding ortho intramolecular Hbond substituents is 1. The summed E-state index contributed by atoms with van der Waals surface area (Å²) in [6, 6.07) is 2.89. The fourth-order valence-corrected chi connectivity index (χ4v) is 1.90. The average Bonchev–Trinajstić information content (AvgIpc) is 2.60. The van der Waals surface area contributed by atoms with Crippen molar-refractivity contribution in [1.82, 2.24) is 4.90 Å². The van der Waals surface area contributed by atoms with Gasteiger partial charge in [-0.05, 0) is 6.07 Å². The van der Waals surface area contributed by atoms with Gasteiger partial charge in [0, 0.05) is 25.1 Å². The lowest BCUT2D eigenvalue weighted by atomic mass is 10.1. The summed E-state index contributed by atoms with van der Waals surface area (Å²) in [6.07, 6.45) is -1.28. The Bertz CT molecular complexity index is 449. The summed E-state index contributed by atoms with van der Waals surface area (Å²) >= 11 is 5.87. The lowest BCUT2D eigenvalue weighted by molar-refractivity contribution is 0.0608. The Morgan fingerprint density at radius 2 is 2.31 bits per heavy atom. The van der Waals surface area contributed by atoms with Gasteiger partial charge in [0.25, 0.3) is 0 Å². The van der Waals surface area contributed by atoms with Crippen LogP contribution in [0.25, 0.3) is 0 Å². The van der Waals surface area contributed by atoms with Crippen molar-refractivity contribution >= 4 is 17.7 Å². The van der Waals surface area contributed by atoms with E-state index in [2.05, 4.69) is 0 Å². The smallest absolute Gasteiger partial charge is 0.409 e. The number of aromatic hydroxyl groups is 1. The molecule has 1 aromatic rings. The number of amides is 1. The van der Waals surface area contributed by atoms with E-state index in [1.54, 1.807) is 0 Å². The van der Waals surface area contributed by atoms with Gasteiger partial charge in [-0.15, -0.1) is 0 Å². The third-order valence-corrected chi connectivity index (χ3v) is 2.77. The van der Waals surface area contributed by atoms with E-state index < -0.39 is 12.3 Å². The Labute approximate surface area is 96.8 Å². The van der Waals surface area contributed by atoms with Gasteiger partial charge in [-0.1, -0.05) is 11.6 Å². The van der Waals surface area contributed by atoms with Crippen LogP contribution in [0.15, 0.2) is 12.1 Å². The molecular weight excluding hydrogens is 234 g/mol. The van der Waals surface area contributed by atoms with Crippen molar-refractivity contribution in [2.75, 3.05) is 7.05 Å². The zero-order chi connectivity index (χ0) is 11.9. The molecular formula is C10H10ClNO4. The largest absolute Gasteiger partial charge is 0.508 e. The number of phenols is 1. The first-order valence-corrected chi connectivity index (χ1v) is 5.00. The molecule has 0 aromatic heterocycles. The molecule has 1 aromatic carbocycles. The van der Waals surface area contributed by atoms with Gasteiger partial charge in [-0.25, -0.2) is 4.79 Å². The van der Waals surface area contributed by atoms with Crippen LogP contribution in [0, 0.1) is 0 Å². The highest BCUT2D eigenvalue weighted by Crippen LogP contribution is 2.39. The zero-order valence-corrected chi connectivity index (χ0v) is 9.23. The van der Waals surface area contributed by atoms with Crippen LogP contribution in [-0.4, -0.2) is 34.5 Å². The zero-order valence-electron chi connectivity index (χ0n) is 8.48. The van der Waals surface area contributed by atoms with Crippen LogP contribution in [0.4, 0.5) is 4.79 Å². The SMILES string of the molecule is CN(C(=O)O)C1Cc2cc(O)cc(Cl)c2O1. The number of benzene rings is 1. The molecule has 1 unspecified atom stereocenters. The molecule has 1 atom stereocenters. The van der Waals surface area contributed by atoms with Crippen LogP contribution >= 0.6 is 11.6 Å².